The van der Waals surface area contributed by atoms with E-state index in [0.717, 1.165) is 9.92 Å². The van der Waals surface area contributed by atoms with Crippen LogP contribution in [-0.4, -0.2) is 15.7 Å². The van der Waals surface area contributed by atoms with E-state index in [2.05, 4.69) is 15.5 Å². The minimum absolute atomic E-state index is 0.0902. The van der Waals surface area contributed by atoms with Crippen molar-refractivity contribution in [2.75, 3.05) is 5.32 Å². The van der Waals surface area contributed by atoms with E-state index in [1.165, 1.54) is 0 Å². The van der Waals surface area contributed by atoms with Gasteiger partial charge >= 0.3 is 6.01 Å². The quantitative estimate of drug-likeness (QED) is 0.856. The van der Waals surface area contributed by atoms with Crippen LogP contribution in [0.1, 0.15) is 26.6 Å². The maximum Gasteiger partial charge on any atom is 0.321 e. The van der Waals surface area contributed by atoms with Crippen molar-refractivity contribution >= 4 is 29.4 Å². The zero-order chi connectivity index (χ0) is 13.9. The molecule has 19 heavy (non-hydrogen) atoms. The Kier molecular flexibility index (Phi) is 4.37. The first-order valence-corrected chi connectivity index (χ1v) is 7.28. The third-order valence-corrected chi connectivity index (χ3v) is 3.39. The molecule has 1 heterocycles. The maximum atomic E-state index is 5.84. The molecule has 0 atom stereocenters. The smallest absolute Gasteiger partial charge is 0.321 e. The van der Waals surface area contributed by atoms with Gasteiger partial charge in [-0.15, -0.1) is 11.8 Å². The number of anilines is 1. The van der Waals surface area contributed by atoms with E-state index in [1.54, 1.807) is 11.8 Å². The molecule has 0 aliphatic rings. The van der Waals surface area contributed by atoms with Crippen molar-refractivity contribution in [2.24, 2.45) is 0 Å². The predicted molar refractivity (Wildman–Crippen MR) is 78.7 cm³/mol. The van der Waals surface area contributed by atoms with Gasteiger partial charge in [-0.1, -0.05) is 16.8 Å². The van der Waals surface area contributed by atoms with Crippen molar-refractivity contribution in [3.05, 3.63) is 35.1 Å². The Morgan fingerprint density at radius 3 is 2.58 bits per heavy atom. The molecule has 1 N–H and O–H groups in total. The lowest BCUT2D eigenvalue weighted by Gasteiger charge is -2.17. The molecule has 0 aliphatic carbocycles. The van der Waals surface area contributed by atoms with Crippen LogP contribution in [0.15, 0.2) is 33.7 Å². The van der Waals surface area contributed by atoms with E-state index in [4.69, 9.17) is 16.1 Å². The second kappa shape index (κ2) is 5.84. The Morgan fingerprint density at radius 2 is 1.95 bits per heavy atom. The molecule has 6 heteroatoms. The third-order valence-electron chi connectivity index (χ3n) is 2.13. The summed E-state index contributed by atoms with van der Waals surface area (Å²) >= 11 is 7.48. The Hall–Kier alpha value is -1.20. The number of nitrogens with one attached hydrogen (secondary N) is 1. The molecule has 1 aromatic heterocycles. The second-order valence-corrected chi connectivity index (χ2v) is 6.62. The molecule has 4 nitrogen and oxygen atoms in total. The van der Waals surface area contributed by atoms with Crippen molar-refractivity contribution in [1.29, 1.82) is 0 Å². The first-order chi connectivity index (χ1) is 8.92. The Balaban J connectivity index is 1.91. The molecule has 0 fully saturated rings. The Morgan fingerprint density at radius 1 is 1.26 bits per heavy atom. The number of benzene rings is 1. The minimum atomic E-state index is -0.0902. The Bertz CT molecular complexity index is 534. The topological polar surface area (TPSA) is 51.0 Å². The van der Waals surface area contributed by atoms with Gasteiger partial charge in [-0.3, -0.25) is 0 Å². The van der Waals surface area contributed by atoms with Gasteiger partial charge in [0.05, 0.1) is 5.75 Å². The number of hydrogen-bond acceptors (Lipinski definition) is 5. The van der Waals surface area contributed by atoms with Crippen LogP contribution in [-0.2, 0) is 5.75 Å². The average Bonchev–Trinajstić information content (AvgIpc) is 2.73. The average molecular weight is 298 g/mol. The van der Waals surface area contributed by atoms with E-state index in [1.807, 2.05) is 45.0 Å². The summed E-state index contributed by atoms with van der Waals surface area (Å²) in [7, 11) is 0. The molecule has 0 saturated heterocycles. The van der Waals surface area contributed by atoms with Crippen LogP contribution in [0, 0.1) is 0 Å². The summed E-state index contributed by atoms with van der Waals surface area (Å²) in [5.41, 5.74) is -0.0902. The molecule has 0 unspecified atom stereocenters. The van der Waals surface area contributed by atoms with Crippen molar-refractivity contribution in [3.63, 3.8) is 0 Å². The molecule has 0 spiro atoms. The molecule has 2 aromatic rings. The number of hydrogen-bond donors (Lipinski definition) is 1. The van der Waals surface area contributed by atoms with Crippen LogP contribution in [0.4, 0.5) is 6.01 Å². The van der Waals surface area contributed by atoms with E-state index in [9.17, 15) is 0 Å². The van der Waals surface area contributed by atoms with E-state index >= 15 is 0 Å². The third kappa shape index (κ3) is 4.76. The van der Waals surface area contributed by atoms with Crippen LogP contribution >= 0.6 is 23.4 Å². The highest BCUT2D eigenvalue weighted by Gasteiger charge is 2.14. The van der Waals surface area contributed by atoms with Gasteiger partial charge in [-0.05, 0) is 45.0 Å². The fourth-order valence-corrected chi connectivity index (χ4v) is 2.23. The number of rotatable bonds is 4. The van der Waals surface area contributed by atoms with Crippen LogP contribution in [0.5, 0.6) is 0 Å². The van der Waals surface area contributed by atoms with Crippen molar-refractivity contribution in [1.82, 2.24) is 10.1 Å². The van der Waals surface area contributed by atoms with Crippen LogP contribution in [0.3, 0.4) is 0 Å². The molecule has 0 radical (unpaired) electrons. The molecule has 0 bridgehead atoms. The van der Waals surface area contributed by atoms with E-state index < -0.39 is 0 Å². The van der Waals surface area contributed by atoms with Crippen molar-refractivity contribution in [2.45, 2.75) is 37.0 Å². The second-order valence-electron chi connectivity index (χ2n) is 5.13. The molecular weight excluding hydrogens is 282 g/mol. The van der Waals surface area contributed by atoms with Gasteiger partial charge in [-0.25, -0.2) is 0 Å². The SMILES string of the molecule is CC(C)(C)Nc1nc(CSc2ccc(Cl)cc2)no1. The van der Waals surface area contributed by atoms with Gasteiger partial charge in [0.15, 0.2) is 5.82 Å². The fraction of sp³-hybridized carbons (Fsp3) is 0.385. The lowest BCUT2D eigenvalue weighted by molar-refractivity contribution is 0.414. The molecule has 102 valence electrons. The van der Waals surface area contributed by atoms with Crippen molar-refractivity contribution in [3.8, 4) is 0 Å². The highest BCUT2D eigenvalue weighted by atomic mass is 35.5. The van der Waals surface area contributed by atoms with Gasteiger partial charge in [0, 0.05) is 15.5 Å². The molecule has 1 aromatic carbocycles. The van der Waals surface area contributed by atoms with Crippen molar-refractivity contribution < 1.29 is 4.52 Å². The van der Waals surface area contributed by atoms with E-state index in [0.29, 0.717) is 17.6 Å². The highest BCUT2D eigenvalue weighted by Crippen LogP contribution is 2.24. The summed E-state index contributed by atoms with van der Waals surface area (Å²) in [6, 6.07) is 8.14. The summed E-state index contributed by atoms with van der Waals surface area (Å²) in [5, 5.41) is 7.81. The number of thioether (sulfide) groups is 1. The van der Waals surface area contributed by atoms with Gasteiger partial charge in [0.25, 0.3) is 0 Å². The van der Waals surface area contributed by atoms with Crippen LogP contribution in [0.25, 0.3) is 0 Å². The number of nitrogens with zero attached hydrogens (tertiary/aromatic N) is 2. The molecular formula is C13H16ClN3OS. The van der Waals surface area contributed by atoms with Gasteiger partial charge < -0.3 is 9.84 Å². The number of halogens is 1. The standard InChI is InChI=1S/C13H16ClN3OS/c1-13(2,3)16-12-15-11(17-18-12)8-19-10-6-4-9(14)5-7-10/h4-7H,8H2,1-3H3,(H,15,16,17). The first kappa shape index (κ1) is 14.2. The summed E-state index contributed by atoms with van der Waals surface area (Å²) in [5.74, 6) is 1.34. The van der Waals surface area contributed by atoms with Gasteiger partial charge in [0.1, 0.15) is 0 Å². The lowest BCUT2D eigenvalue weighted by Crippen LogP contribution is -2.26. The zero-order valence-corrected chi connectivity index (χ0v) is 12.7. The monoisotopic (exact) mass is 297 g/mol. The Labute approximate surface area is 121 Å². The lowest BCUT2D eigenvalue weighted by atomic mass is 10.1. The molecule has 0 aliphatic heterocycles. The minimum Gasteiger partial charge on any atom is -0.333 e. The fourth-order valence-electron chi connectivity index (χ4n) is 1.36. The summed E-state index contributed by atoms with van der Waals surface area (Å²) in [6.07, 6.45) is 0. The zero-order valence-electron chi connectivity index (χ0n) is 11.1. The van der Waals surface area contributed by atoms with Gasteiger partial charge in [-0.2, -0.15) is 4.98 Å². The van der Waals surface area contributed by atoms with Crippen LogP contribution in [0.2, 0.25) is 5.02 Å². The van der Waals surface area contributed by atoms with Gasteiger partial charge in [0.2, 0.25) is 0 Å². The van der Waals surface area contributed by atoms with E-state index in [-0.39, 0.29) is 5.54 Å². The number of aromatic nitrogens is 2. The largest absolute Gasteiger partial charge is 0.333 e. The van der Waals surface area contributed by atoms with Crippen LogP contribution < -0.4 is 5.32 Å². The summed E-state index contributed by atoms with van der Waals surface area (Å²) < 4.78 is 5.14. The first-order valence-electron chi connectivity index (χ1n) is 5.91. The summed E-state index contributed by atoms with van der Waals surface area (Å²) in [6.45, 7) is 6.12. The predicted octanol–water partition coefficient (Wildman–Crippen LogP) is 4.23. The highest BCUT2D eigenvalue weighted by molar-refractivity contribution is 7.98. The maximum absolute atomic E-state index is 5.84. The summed E-state index contributed by atoms with van der Waals surface area (Å²) in [4.78, 5) is 5.42. The molecule has 2 rings (SSSR count). The normalized spacial score (nSPS) is 11.6. The molecule has 0 saturated carbocycles. The molecule has 0 amide bonds.